The molecule has 0 aliphatic rings. The van der Waals surface area contributed by atoms with E-state index in [4.69, 9.17) is 4.74 Å². The highest BCUT2D eigenvalue weighted by Gasteiger charge is 2.11. The van der Waals surface area contributed by atoms with E-state index >= 15 is 0 Å². The van der Waals surface area contributed by atoms with Crippen LogP contribution in [0, 0.1) is 13.8 Å². The number of hydrogen-bond acceptors (Lipinski definition) is 9. The molecule has 58 heavy (non-hydrogen) atoms. The van der Waals surface area contributed by atoms with Crippen molar-refractivity contribution < 1.29 is 49.4 Å². The number of carbonyl (C=O) groups excluding carboxylic acids is 2. The average Bonchev–Trinajstić information content (AvgIpc) is 3.17. The van der Waals surface area contributed by atoms with Crippen molar-refractivity contribution in [2.45, 2.75) is 23.6 Å². The number of rotatable bonds is 8. The number of pyridine rings is 2. The van der Waals surface area contributed by atoms with Crippen molar-refractivity contribution in [3.8, 4) is 5.75 Å². The Labute approximate surface area is 336 Å². The summed E-state index contributed by atoms with van der Waals surface area (Å²) in [4.78, 5) is 24.7. The molecule has 5 aromatic carbocycles. The van der Waals surface area contributed by atoms with Gasteiger partial charge in [0.15, 0.2) is 19.0 Å². The lowest BCUT2D eigenvalue weighted by molar-refractivity contribution is -0.645. The Morgan fingerprint density at radius 2 is 1.02 bits per heavy atom. The van der Waals surface area contributed by atoms with Gasteiger partial charge < -0.3 is 24.5 Å². The van der Waals surface area contributed by atoms with Crippen LogP contribution in [-0.2, 0) is 39.1 Å². The van der Waals surface area contributed by atoms with Crippen LogP contribution in [0.3, 0.4) is 0 Å². The fourth-order valence-electron chi connectivity index (χ4n) is 5.55. The summed E-state index contributed by atoms with van der Waals surface area (Å²) in [5.74, 6) is 0.0234. The van der Waals surface area contributed by atoms with E-state index in [1.165, 1.54) is 24.3 Å². The molecule has 0 saturated heterocycles. The van der Waals surface area contributed by atoms with Gasteiger partial charge in [-0.1, -0.05) is 35.4 Å². The second kappa shape index (κ2) is 18.6. The molecule has 0 aliphatic carbocycles. The summed E-state index contributed by atoms with van der Waals surface area (Å²) in [6, 6.07) is 37.8. The van der Waals surface area contributed by atoms with Crippen LogP contribution in [0.4, 0.5) is 11.4 Å². The summed E-state index contributed by atoms with van der Waals surface area (Å²) in [5.41, 5.74) is 5.93. The minimum atomic E-state index is -4.27. The van der Waals surface area contributed by atoms with Crippen molar-refractivity contribution in [2.24, 2.45) is 14.1 Å². The van der Waals surface area contributed by atoms with Crippen molar-refractivity contribution >= 4 is 65.2 Å². The average molecular weight is 821 g/mol. The standard InChI is InChI=1S/C29H24N4O3.2C7H8O3S/c1-32-15-3-5-21-17-23(9-13-26(21)32)30-28(34)19-36-25-11-7-20(8-12-25)29(35)31-24-10-14-27-22(18-24)6-4-16-33(27)2;2*1-6-2-4-7(5-3-6)11(8,9)10/h3-18H,19H2,1-2H3;2*2-5H,1H3,(H,8,9,10). The molecule has 15 heteroatoms. The van der Waals surface area contributed by atoms with E-state index in [0.717, 1.165) is 38.6 Å². The summed E-state index contributed by atoms with van der Waals surface area (Å²) in [6.45, 7) is 3.50. The first-order valence-corrected chi connectivity index (χ1v) is 20.4. The summed E-state index contributed by atoms with van der Waals surface area (Å²) in [6.07, 6.45) is 3.96. The van der Waals surface area contributed by atoms with Crippen LogP contribution in [0.1, 0.15) is 21.5 Å². The molecule has 0 atom stereocenters. The number of ether oxygens (including phenoxy) is 1. The number of nitrogens with zero attached hydrogens (tertiary/aromatic N) is 2. The van der Waals surface area contributed by atoms with Crippen molar-refractivity contribution in [1.82, 2.24) is 0 Å². The van der Waals surface area contributed by atoms with E-state index in [0.29, 0.717) is 17.0 Å². The maximum absolute atomic E-state index is 12.7. The first-order valence-electron chi connectivity index (χ1n) is 17.6. The zero-order chi connectivity index (χ0) is 42.0. The maximum Gasteiger partial charge on any atom is 0.262 e. The highest BCUT2D eigenvalue weighted by atomic mass is 32.2. The van der Waals surface area contributed by atoms with Crippen molar-refractivity contribution in [3.63, 3.8) is 0 Å². The molecule has 2 amide bonds. The molecule has 2 N–H and O–H groups in total. The topological polar surface area (TPSA) is 190 Å². The number of aromatic nitrogens is 2. The van der Waals surface area contributed by atoms with E-state index in [1.807, 2.05) is 110 Å². The van der Waals surface area contributed by atoms with Crippen molar-refractivity contribution in [2.75, 3.05) is 17.2 Å². The largest absolute Gasteiger partial charge is 0.744 e. The van der Waals surface area contributed by atoms with Crippen LogP contribution in [0.2, 0.25) is 0 Å². The molecular weight excluding hydrogens is 781 g/mol. The third-order valence-electron chi connectivity index (χ3n) is 8.63. The summed E-state index contributed by atoms with van der Waals surface area (Å²) < 4.78 is 72.0. The fourth-order valence-corrected chi connectivity index (χ4v) is 6.49. The smallest absolute Gasteiger partial charge is 0.262 e. The molecule has 0 aliphatic heterocycles. The lowest BCUT2D eigenvalue weighted by atomic mass is 10.1. The van der Waals surface area contributed by atoms with Crippen LogP contribution in [0.25, 0.3) is 21.8 Å². The second-order valence-electron chi connectivity index (χ2n) is 13.1. The van der Waals surface area contributed by atoms with E-state index in [9.17, 15) is 35.5 Å². The van der Waals surface area contributed by atoms with Crippen LogP contribution >= 0.6 is 0 Å². The third kappa shape index (κ3) is 12.0. The van der Waals surface area contributed by atoms with E-state index < -0.39 is 20.2 Å². The summed E-state index contributed by atoms with van der Waals surface area (Å²) in [7, 11) is -4.58. The molecule has 0 saturated carbocycles. The Kier molecular flexibility index (Phi) is 13.7. The van der Waals surface area contributed by atoms with Gasteiger partial charge >= 0.3 is 0 Å². The molecule has 0 unspecified atom stereocenters. The number of amides is 2. The lowest BCUT2D eigenvalue weighted by Crippen LogP contribution is -2.27. The highest BCUT2D eigenvalue weighted by Crippen LogP contribution is 2.19. The third-order valence-corrected chi connectivity index (χ3v) is 10.3. The van der Waals surface area contributed by atoms with Gasteiger partial charge in [0.1, 0.15) is 40.1 Å². The molecule has 7 rings (SSSR count). The van der Waals surface area contributed by atoms with Crippen LogP contribution in [-0.4, -0.2) is 44.4 Å². The van der Waals surface area contributed by atoms with Gasteiger partial charge in [-0.05, 0) is 98.8 Å². The zero-order valence-corrected chi connectivity index (χ0v) is 33.6. The van der Waals surface area contributed by atoms with Gasteiger partial charge in [0.25, 0.3) is 11.8 Å². The second-order valence-corrected chi connectivity index (χ2v) is 15.9. The minimum Gasteiger partial charge on any atom is -0.744 e. The van der Waals surface area contributed by atoms with Crippen molar-refractivity contribution in [1.29, 1.82) is 0 Å². The number of hydrogen-bond donors (Lipinski definition) is 2. The molecule has 2 heterocycles. The van der Waals surface area contributed by atoms with Crippen LogP contribution in [0.5, 0.6) is 5.75 Å². The molecule has 0 spiro atoms. The van der Waals surface area contributed by atoms with E-state index in [2.05, 4.69) is 10.6 Å². The fraction of sp³-hybridized carbons (Fsp3) is 0.116. The molecule has 0 bridgehead atoms. The van der Waals surface area contributed by atoms with Gasteiger partial charge in [-0.15, -0.1) is 0 Å². The highest BCUT2D eigenvalue weighted by molar-refractivity contribution is 7.86. The number of aryl methyl sites for hydroxylation is 4. The normalized spacial score (nSPS) is 11.1. The SMILES string of the molecule is C[n+]1cccc2cc(NC(=O)COc3ccc(C(=O)Nc4ccc5c(ccc[n+]5C)c4)cc3)ccc21.Cc1ccc(S(=O)(=O)[O-])cc1.Cc1ccc(S(=O)(=O)[O-])cc1. The zero-order valence-electron chi connectivity index (χ0n) is 31.9. The Bertz CT molecular complexity index is 2720. The minimum absolute atomic E-state index is 0.138. The first-order chi connectivity index (χ1) is 27.5. The quantitative estimate of drug-likeness (QED) is 0.143. The van der Waals surface area contributed by atoms with Crippen molar-refractivity contribution in [3.05, 3.63) is 163 Å². The van der Waals surface area contributed by atoms with Gasteiger partial charge in [-0.3, -0.25) is 9.59 Å². The monoisotopic (exact) mass is 820 g/mol. The number of carbonyl (C=O) groups is 2. The Balaban J connectivity index is 0.000000236. The van der Waals surface area contributed by atoms with Gasteiger partial charge in [-0.2, -0.15) is 0 Å². The van der Waals surface area contributed by atoms with Crippen LogP contribution < -0.4 is 24.5 Å². The first kappa shape index (κ1) is 42.6. The number of fused-ring (bicyclic) bond motifs is 2. The predicted molar refractivity (Wildman–Crippen MR) is 217 cm³/mol. The summed E-state index contributed by atoms with van der Waals surface area (Å²) in [5, 5.41) is 7.86. The molecule has 0 fully saturated rings. The number of anilines is 2. The Morgan fingerprint density at radius 3 is 1.45 bits per heavy atom. The van der Waals surface area contributed by atoms with Gasteiger partial charge in [0, 0.05) is 52.0 Å². The van der Waals surface area contributed by atoms with Gasteiger partial charge in [0.05, 0.1) is 9.79 Å². The van der Waals surface area contributed by atoms with Crippen LogP contribution in [0.15, 0.2) is 156 Å². The molecule has 0 radical (unpaired) electrons. The van der Waals surface area contributed by atoms with E-state index in [1.54, 1.807) is 48.5 Å². The number of nitrogens with one attached hydrogen (secondary N) is 2. The Morgan fingerprint density at radius 1 is 0.586 bits per heavy atom. The van der Waals surface area contributed by atoms with Gasteiger partial charge in [0.2, 0.25) is 11.0 Å². The molecule has 13 nitrogen and oxygen atoms in total. The van der Waals surface area contributed by atoms with Gasteiger partial charge in [-0.25, -0.2) is 26.0 Å². The molecular formula is C43H40N4O9S2. The predicted octanol–water partition coefficient (Wildman–Crippen LogP) is 5.71. The maximum atomic E-state index is 12.7. The number of benzene rings is 5. The molecule has 7 aromatic rings. The summed E-state index contributed by atoms with van der Waals surface area (Å²) >= 11 is 0. The Hall–Kier alpha value is -6.52. The molecule has 298 valence electrons. The molecule has 2 aromatic heterocycles. The lowest BCUT2D eigenvalue weighted by Gasteiger charge is -2.09. The van der Waals surface area contributed by atoms with E-state index in [-0.39, 0.29) is 28.2 Å².